The number of thioether (sulfide) groups is 1. The second-order valence-electron chi connectivity index (χ2n) is 8.50. The minimum absolute atomic E-state index is 0.193. The molecular weight excluding hydrogens is 458 g/mol. The molecule has 0 spiro atoms. The molecular formula is C23H25N5O3S2. The number of amides is 2. The molecule has 0 aromatic carbocycles. The standard InChI is InChI=1S/C23H25N5O3S2/c1-13(21(30)25-22-18(19(24)29)15-9-5-11-17(15)33-22)32-23-27-26-20(16-10-6-12-31-16)28(23)14-7-3-2-4-8-14/h10,13-14H,2-5,7-9,11H2,1H3,(H2,24,29)(H,25,30). The Hall–Kier alpha value is -2.77. The highest BCUT2D eigenvalue weighted by molar-refractivity contribution is 8.00. The van der Waals surface area contributed by atoms with Gasteiger partial charge in [0.05, 0.1) is 10.8 Å². The fourth-order valence-electron chi connectivity index (χ4n) is 4.69. The monoisotopic (exact) mass is 483 g/mol. The number of aryl methyl sites for hydroxylation is 1. The Balaban J connectivity index is 1.37. The van der Waals surface area contributed by atoms with E-state index < -0.39 is 11.2 Å². The number of primary amides is 1. The van der Waals surface area contributed by atoms with Crippen molar-refractivity contribution in [1.29, 1.82) is 0 Å². The Morgan fingerprint density at radius 3 is 2.82 bits per heavy atom. The van der Waals surface area contributed by atoms with Crippen molar-refractivity contribution in [3.8, 4) is 11.6 Å². The predicted molar refractivity (Wildman–Crippen MR) is 126 cm³/mol. The third-order valence-corrected chi connectivity index (χ3v) is 8.57. The molecule has 5 rings (SSSR count). The van der Waals surface area contributed by atoms with E-state index in [1.807, 2.05) is 6.92 Å². The summed E-state index contributed by atoms with van der Waals surface area (Å²) in [5, 5.41) is 12.5. The SMILES string of the molecule is CC(Sc1nnc(-c2cc#co2)n1C1CCCCC1)C(=O)Nc1sc2c(c1C(N)=O)CCC2. The van der Waals surface area contributed by atoms with Gasteiger partial charge in [0, 0.05) is 17.0 Å². The summed E-state index contributed by atoms with van der Waals surface area (Å²) < 4.78 is 7.53. The van der Waals surface area contributed by atoms with Crippen molar-refractivity contribution < 1.29 is 14.0 Å². The highest BCUT2D eigenvalue weighted by Crippen LogP contribution is 2.40. The highest BCUT2D eigenvalue weighted by Gasteiger charge is 2.30. The van der Waals surface area contributed by atoms with Gasteiger partial charge in [0.25, 0.3) is 5.91 Å². The minimum atomic E-state index is -0.487. The van der Waals surface area contributed by atoms with Gasteiger partial charge in [-0.3, -0.25) is 14.2 Å². The van der Waals surface area contributed by atoms with E-state index in [2.05, 4.69) is 32.4 Å². The number of anilines is 1. The van der Waals surface area contributed by atoms with E-state index in [-0.39, 0.29) is 11.9 Å². The van der Waals surface area contributed by atoms with E-state index in [1.165, 1.54) is 29.5 Å². The van der Waals surface area contributed by atoms with Gasteiger partial charge in [-0.2, -0.15) is 0 Å². The van der Waals surface area contributed by atoms with E-state index in [0.29, 0.717) is 27.3 Å². The molecule has 172 valence electrons. The first-order valence-electron chi connectivity index (χ1n) is 11.3. The summed E-state index contributed by atoms with van der Waals surface area (Å²) in [4.78, 5) is 26.3. The van der Waals surface area contributed by atoms with Crippen LogP contribution in [0.4, 0.5) is 5.00 Å². The Kier molecular flexibility index (Phi) is 6.17. The average Bonchev–Trinajstić information content (AvgIpc) is 3.58. The fraction of sp³-hybridized carbons (Fsp3) is 0.478. The number of nitrogens with one attached hydrogen (secondary N) is 1. The molecule has 2 amide bonds. The highest BCUT2D eigenvalue weighted by atomic mass is 32.2. The van der Waals surface area contributed by atoms with Gasteiger partial charge >= 0.3 is 0 Å². The third-order valence-electron chi connectivity index (χ3n) is 6.30. The first-order valence-corrected chi connectivity index (χ1v) is 13.0. The Labute approximate surface area is 200 Å². The van der Waals surface area contributed by atoms with Gasteiger partial charge < -0.3 is 15.5 Å². The van der Waals surface area contributed by atoms with Crippen LogP contribution in [0.1, 0.15) is 72.3 Å². The quantitative estimate of drug-likeness (QED) is 0.481. The molecule has 10 heteroatoms. The van der Waals surface area contributed by atoms with Crippen LogP contribution >= 0.6 is 23.1 Å². The second kappa shape index (κ2) is 9.23. The van der Waals surface area contributed by atoms with Gasteiger partial charge in [-0.15, -0.1) is 21.5 Å². The molecule has 3 N–H and O–H groups in total. The summed E-state index contributed by atoms with van der Waals surface area (Å²) in [5.74, 6) is 0.525. The maximum atomic E-state index is 13.1. The molecule has 3 aromatic heterocycles. The zero-order chi connectivity index (χ0) is 22.9. The van der Waals surface area contributed by atoms with Gasteiger partial charge in [0.15, 0.2) is 10.9 Å². The zero-order valence-electron chi connectivity index (χ0n) is 18.3. The fourth-order valence-corrected chi connectivity index (χ4v) is 6.91. The van der Waals surface area contributed by atoms with Crippen molar-refractivity contribution in [3.05, 3.63) is 34.4 Å². The third kappa shape index (κ3) is 4.27. The van der Waals surface area contributed by atoms with Gasteiger partial charge in [-0.1, -0.05) is 31.0 Å². The molecule has 2 aliphatic rings. The lowest BCUT2D eigenvalue weighted by Gasteiger charge is -2.25. The van der Waals surface area contributed by atoms with E-state index in [9.17, 15) is 9.59 Å². The topological polar surface area (TPSA) is 116 Å². The van der Waals surface area contributed by atoms with Crippen molar-refractivity contribution in [3.63, 3.8) is 0 Å². The maximum absolute atomic E-state index is 13.1. The van der Waals surface area contributed by atoms with Crippen LogP contribution in [0, 0.1) is 12.3 Å². The molecule has 0 aliphatic heterocycles. The summed E-state index contributed by atoms with van der Waals surface area (Å²) in [7, 11) is 0. The smallest absolute Gasteiger partial charge is 0.251 e. The first kappa shape index (κ1) is 22.0. The van der Waals surface area contributed by atoms with Crippen LogP contribution in [0.25, 0.3) is 11.6 Å². The number of rotatable bonds is 7. The number of thiophene rings is 1. The first-order chi connectivity index (χ1) is 16.0. The molecule has 1 fully saturated rings. The van der Waals surface area contributed by atoms with Gasteiger partial charge in [-0.25, -0.2) is 0 Å². The van der Waals surface area contributed by atoms with E-state index in [1.54, 1.807) is 6.07 Å². The maximum Gasteiger partial charge on any atom is 0.251 e. The molecule has 2 aliphatic carbocycles. The zero-order valence-corrected chi connectivity index (χ0v) is 20.0. The van der Waals surface area contributed by atoms with Crippen molar-refractivity contribution in [1.82, 2.24) is 14.8 Å². The molecule has 0 bridgehead atoms. The molecule has 0 radical (unpaired) electrons. The van der Waals surface area contributed by atoms with Crippen LogP contribution in [-0.2, 0) is 17.6 Å². The number of carbonyl (C=O) groups excluding carboxylic acids is 2. The number of hydrogen-bond donors (Lipinski definition) is 2. The van der Waals surface area contributed by atoms with Crippen molar-refractivity contribution in [2.75, 3.05) is 5.32 Å². The minimum Gasteiger partial charge on any atom is -0.403 e. The van der Waals surface area contributed by atoms with Crippen LogP contribution < -0.4 is 11.1 Å². The van der Waals surface area contributed by atoms with E-state index in [0.717, 1.165) is 55.4 Å². The van der Waals surface area contributed by atoms with Gasteiger partial charge in [0.2, 0.25) is 11.7 Å². The summed E-state index contributed by atoms with van der Waals surface area (Å²) in [5.41, 5.74) is 7.10. The Morgan fingerprint density at radius 2 is 2.09 bits per heavy atom. The number of aromatic nitrogens is 3. The molecule has 0 saturated heterocycles. The molecule has 1 unspecified atom stereocenters. The Bertz CT molecular complexity index is 1160. The van der Waals surface area contributed by atoms with E-state index in [4.69, 9.17) is 10.2 Å². The number of nitrogens with two attached hydrogens (primary N) is 1. The molecule has 8 nitrogen and oxygen atoms in total. The normalized spacial score (nSPS) is 16.9. The molecule has 3 aromatic rings. The molecule has 1 saturated carbocycles. The summed E-state index contributed by atoms with van der Waals surface area (Å²) in [6.07, 6.45) is 11.0. The largest absolute Gasteiger partial charge is 0.403 e. The summed E-state index contributed by atoms with van der Waals surface area (Å²) >= 11 is 2.82. The molecule has 1 atom stereocenters. The Morgan fingerprint density at radius 1 is 1.27 bits per heavy atom. The molecule has 3 heterocycles. The van der Waals surface area contributed by atoms with Gasteiger partial charge in [-0.05, 0) is 50.7 Å². The summed E-state index contributed by atoms with van der Waals surface area (Å²) in [6, 6.07) is 4.77. The summed E-state index contributed by atoms with van der Waals surface area (Å²) in [6.45, 7) is 1.83. The average molecular weight is 484 g/mol. The lowest BCUT2D eigenvalue weighted by atomic mass is 9.95. The number of fused-ring (bicyclic) bond motifs is 1. The van der Waals surface area contributed by atoms with Crippen molar-refractivity contribution in [2.24, 2.45) is 5.73 Å². The number of carbonyl (C=O) groups is 2. The van der Waals surface area contributed by atoms with Crippen molar-refractivity contribution in [2.45, 2.75) is 74.7 Å². The molecule has 33 heavy (non-hydrogen) atoms. The second-order valence-corrected chi connectivity index (χ2v) is 10.9. The van der Waals surface area contributed by atoms with Gasteiger partial charge in [0.1, 0.15) is 11.3 Å². The number of nitrogens with zero attached hydrogens (tertiary/aromatic N) is 3. The lowest BCUT2D eigenvalue weighted by Crippen LogP contribution is -2.25. The van der Waals surface area contributed by atoms with Crippen LogP contribution in [0.3, 0.4) is 0 Å². The van der Waals surface area contributed by atoms with Crippen LogP contribution in [0.15, 0.2) is 15.6 Å². The van der Waals surface area contributed by atoms with E-state index >= 15 is 0 Å². The van der Waals surface area contributed by atoms with Crippen molar-refractivity contribution >= 4 is 39.9 Å². The number of hydrogen-bond acceptors (Lipinski definition) is 7. The van der Waals surface area contributed by atoms with Crippen LogP contribution in [0.2, 0.25) is 0 Å². The predicted octanol–water partition coefficient (Wildman–Crippen LogP) is 4.41. The van der Waals surface area contributed by atoms with Crippen LogP contribution in [-0.4, -0.2) is 31.8 Å². The lowest BCUT2D eigenvalue weighted by molar-refractivity contribution is -0.115. The van der Waals surface area contributed by atoms with Crippen LogP contribution in [0.5, 0.6) is 0 Å².